The maximum Gasteiger partial charge on any atom is 0.251 e. The van der Waals surface area contributed by atoms with Crippen LogP contribution in [0.1, 0.15) is 19.0 Å². The second kappa shape index (κ2) is 6.41. The van der Waals surface area contributed by atoms with Crippen molar-refractivity contribution < 1.29 is 4.39 Å². The molecule has 2 rings (SSSR count). The van der Waals surface area contributed by atoms with Gasteiger partial charge in [0.1, 0.15) is 5.82 Å². The smallest absolute Gasteiger partial charge is 0.251 e. The van der Waals surface area contributed by atoms with Gasteiger partial charge in [-0.1, -0.05) is 13.3 Å². The number of aromatic nitrogens is 2. The number of benzene rings is 1. The van der Waals surface area contributed by atoms with E-state index in [1.165, 1.54) is 23.9 Å². The molecule has 0 aliphatic rings. The molecule has 3 N–H and O–H groups in total. The summed E-state index contributed by atoms with van der Waals surface area (Å²) in [4.78, 5) is 19.2. The Morgan fingerprint density at radius 1 is 1.45 bits per heavy atom. The van der Waals surface area contributed by atoms with Crippen LogP contribution in [0, 0.1) is 5.82 Å². The van der Waals surface area contributed by atoms with Crippen molar-refractivity contribution >= 4 is 33.4 Å². The zero-order valence-corrected chi connectivity index (χ0v) is 13.1. The predicted molar refractivity (Wildman–Crippen MR) is 81.5 cm³/mol. The summed E-state index contributed by atoms with van der Waals surface area (Å²) in [7, 11) is 0. The Hall–Kier alpha value is -1.34. The fraction of sp³-hybridized carbons (Fsp3) is 0.231. The summed E-state index contributed by atoms with van der Waals surface area (Å²) in [5.74, 6) is -0.423. The number of aromatic amines is 1. The van der Waals surface area contributed by atoms with Gasteiger partial charge in [0.25, 0.3) is 5.56 Å². The fourth-order valence-corrected chi connectivity index (χ4v) is 3.02. The topological polar surface area (TPSA) is 71.8 Å². The van der Waals surface area contributed by atoms with Crippen LogP contribution < -0.4 is 11.3 Å². The average Bonchev–Trinajstić information content (AvgIpc) is 2.35. The number of H-pyrrole nitrogens is 1. The first-order valence-corrected chi connectivity index (χ1v) is 7.63. The van der Waals surface area contributed by atoms with Gasteiger partial charge in [0.05, 0.1) is 4.47 Å². The van der Waals surface area contributed by atoms with Gasteiger partial charge in [-0.3, -0.25) is 4.79 Å². The maximum absolute atomic E-state index is 13.3. The lowest BCUT2D eigenvalue weighted by Gasteiger charge is -2.07. The first-order chi connectivity index (χ1) is 9.49. The summed E-state index contributed by atoms with van der Waals surface area (Å²) < 4.78 is 13.6. The Bertz CT molecular complexity index is 690. The van der Waals surface area contributed by atoms with Crippen molar-refractivity contribution in [1.29, 1.82) is 0 Å². The Morgan fingerprint density at radius 2 is 2.20 bits per heavy atom. The zero-order chi connectivity index (χ0) is 14.7. The van der Waals surface area contributed by atoms with Gasteiger partial charge in [-0.25, -0.2) is 9.37 Å². The second-order valence-corrected chi connectivity index (χ2v) is 6.08. The molecule has 1 heterocycles. The van der Waals surface area contributed by atoms with Gasteiger partial charge in [-0.05, 0) is 46.2 Å². The van der Waals surface area contributed by atoms with Crippen LogP contribution in [0.4, 0.5) is 10.1 Å². The molecule has 0 aliphatic carbocycles. The third-order valence-electron chi connectivity index (χ3n) is 2.54. The van der Waals surface area contributed by atoms with E-state index in [9.17, 15) is 9.18 Å². The average molecular weight is 358 g/mol. The SMILES string of the molecule is CCCc1cc(=O)[nH]c(Sc2cc(Br)c(F)cc2N)n1. The number of rotatable bonds is 4. The van der Waals surface area contributed by atoms with Crippen molar-refractivity contribution in [3.05, 3.63) is 44.5 Å². The molecule has 0 aliphatic heterocycles. The highest BCUT2D eigenvalue weighted by Gasteiger charge is 2.10. The van der Waals surface area contributed by atoms with Crippen molar-refractivity contribution in [2.45, 2.75) is 29.8 Å². The van der Waals surface area contributed by atoms with Gasteiger partial charge in [-0.2, -0.15) is 0 Å². The number of hydrogen-bond donors (Lipinski definition) is 2. The molecule has 0 amide bonds. The third-order valence-corrected chi connectivity index (χ3v) is 4.11. The first kappa shape index (κ1) is 15.1. The molecule has 0 bridgehead atoms. The number of nitrogens with one attached hydrogen (secondary N) is 1. The van der Waals surface area contributed by atoms with E-state index >= 15 is 0 Å². The molecule has 0 fully saturated rings. The second-order valence-electron chi connectivity index (χ2n) is 4.20. The lowest BCUT2D eigenvalue weighted by molar-refractivity contribution is 0.620. The van der Waals surface area contributed by atoms with Crippen molar-refractivity contribution in [3.8, 4) is 0 Å². The standard InChI is InChI=1S/C13H13BrFN3OS/c1-2-3-7-4-12(19)18-13(17-7)20-11-5-8(14)9(15)6-10(11)16/h4-6H,2-3,16H2,1H3,(H,17,18,19). The molecule has 4 nitrogen and oxygen atoms in total. The largest absolute Gasteiger partial charge is 0.398 e. The Morgan fingerprint density at radius 3 is 2.90 bits per heavy atom. The lowest BCUT2D eigenvalue weighted by Crippen LogP contribution is -2.10. The number of halogens is 2. The van der Waals surface area contributed by atoms with E-state index < -0.39 is 5.82 Å². The molecule has 106 valence electrons. The Labute approximate surface area is 128 Å². The molecule has 0 atom stereocenters. The van der Waals surface area contributed by atoms with Gasteiger partial charge in [0.15, 0.2) is 5.16 Å². The molecule has 7 heteroatoms. The van der Waals surface area contributed by atoms with Crippen molar-refractivity contribution in [2.24, 2.45) is 0 Å². The lowest BCUT2D eigenvalue weighted by atomic mass is 10.2. The van der Waals surface area contributed by atoms with Crippen molar-refractivity contribution in [3.63, 3.8) is 0 Å². The summed E-state index contributed by atoms with van der Waals surface area (Å²) in [5, 5.41) is 0.450. The molecular formula is C13H13BrFN3OS. The molecule has 0 radical (unpaired) electrons. The van der Waals surface area contributed by atoms with E-state index in [4.69, 9.17) is 5.73 Å². The van der Waals surface area contributed by atoms with Crippen LogP contribution in [0.3, 0.4) is 0 Å². The van der Waals surface area contributed by atoms with Gasteiger partial charge in [-0.15, -0.1) is 0 Å². The van der Waals surface area contributed by atoms with Gasteiger partial charge < -0.3 is 10.7 Å². The maximum atomic E-state index is 13.3. The van der Waals surface area contributed by atoms with E-state index in [1.54, 1.807) is 6.07 Å². The highest BCUT2D eigenvalue weighted by Crippen LogP contribution is 2.33. The van der Waals surface area contributed by atoms with E-state index in [2.05, 4.69) is 25.9 Å². The van der Waals surface area contributed by atoms with Crippen LogP contribution in [-0.4, -0.2) is 9.97 Å². The summed E-state index contributed by atoms with van der Waals surface area (Å²) >= 11 is 4.31. The van der Waals surface area contributed by atoms with Gasteiger partial charge in [0, 0.05) is 22.3 Å². The first-order valence-electron chi connectivity index (χ1n) is 6.02. The molecule has 0 unspecified atom stereocenters. The molecule has 1 aromatic carbocycles. The zero-order valence-electron chi connectivity index (χ0n) is 10.7. The minimum atomic E-state index is -0.423. The quantitative estimate of drug-likeness (QED) is 0.650. The van der Waals surface area contributed by atoms with E-state index in [1.807, 2.05) is 6.92 Å². The van der Waals surface area contributed by atoms with Crippen LogP contribution in [0.5, 0.6) is 0 Å². The molecule has 0 saturated heterocycles. The number of nitrogens with zero attached hydrogens (tertiary/aromatic N) is 1. The summed E-state index contributed by atoms with van der Waals surface area (Å²) in [6.45, 7) is 2.02. The highest BCUT2D eigenvalue weighted by molar-refractivity contribution is 9.10. The minimum Gasteiger partial charge on any atom is -0.398 e. The number of hydrogen-bond acceptors (Lipinski definition) is 4. The van der Waals surface area contributed by atoms with Crippen LogP contribution in [0.25, 0.3) is 0 Å². The number of anilines is 1. The fourth-order valence-electron chi connectivity index (χ4n) is 1.65. The number of aryl methyl sites for hydroxylation is 1. The molecule has 1 aromatic heterocycles. The van der Waals surface area contributed by atoms with Gasteiger partial charge >= 0.3 is 0 Å². The minimum absolute atomic E-state index is 0.203. The number of nitrogen functional groups attached to an aromatic ring is 1. The molecule has 20 heavy (non-hydrogen) atoms. The Kier molecular flexibility index (Phi) is 4.82. The van der Waals surface area contributed by atoms with Crippen LogP contribution in [0.2, 0.25) is 0 Å². The van der Waals surface area contributed by atoms with E-state index in [0.29, 0.717) is 20.2 Å². The van der Waals surface area contributed by atoms with Crippen molar-refractivity contribution in [1.82, 2.24) is 9.97 Å². The van der Waals surface area contributed by atoms with Crippen LogP contribution in [-0.2, 0) is 6.42 Å². The predicted octanol–water partition coefficient (Wildman–Crippen LogP) is 3.36. The normalized spacial score (nSPS) is 10.8. The van der Waals surface area contributed by atoms with E-state index in [0.717, 1.165) is 18.5 Å². The third kappa shape index (κ3) is 3.61. The monoisotopic (exact) mass is 357 g/mol. The molecule has 0 spiro atoms. The van der Waals surface area contributed by atoms with E-state index in [-0.39, 0.29) is 5.56 Å². The van der Waals surface area contributed by atoms with Crippen molar-refractivity contribution in [2.75, 3.05) is 5.73 Å². The van der Waals surface area contributed by atoms with Crippen LogP contribution in [0.15, 0.2) is 37.5 Å². The molecule has 0 saturated carbocycles. The summed E-state index contributed by atoms with van der Waals surface area (Å²) in [6, 6.07) is 4.29. The molecule has 2 aromatic rings. The van der Waals surface area contributed by atoms with Gasteiger partial charge in [0.2, 0.25) is 0 Å². The summed E-state index contributed by atoms with van der Waals surface area (Å²) in [6.07, 6.45) is 1.64. The number of nitrogens with two attached hydrogens (primary N) is 1. The molecular weight excluding hydrogens is 345 g/mol. The van der Waals surface area contributed by atoms with Crippen LogP contribution >= 0.6 is 27.7 Å². The highest BCUT2D eigenvalue weighted by atomic mass is 79.9. The Balaban J connectivity index is 2.34. The summed E-state index contributed by atoms with van der Waals surface area (Å²) in [5.41, 5.74) is 6.61.